The van der Waals surface area contributed by atoms with Crippen molar-refractivity contribution in [2.45, 2.75) is 25.8 Å². The molecule has 0 fully saturated rings. The van der Waals surface area contributed by atoms with Crippen molar-refractivity contribution in [3.8, 4) is 0 Å². The molecule has 0 radical (unpaired) electrons. The molecule has 0 aliphatic carbocycles. The lowest BCUT2D eigenvalue weighted by Gasteiger charge is -2.30. The zero-order chi connectivity index (χ0) is 16.2. The Morgan fingerprint density at radius 1 is 1.04 bits per heavy atom. The summed E-state index contributed by atoms with van der Waals surface area (Å²) in [5, 5.41) is 0. The largest absolute Gasteiger partial charge is 0.314 e. The van der Waals surface area contributed by atoms with Crippen LogP contribution in [0.25, 0.3) is 0 Å². The molecule has 3 nitrogen and oxygen atoms in total. The van der Waals surface area contributed by atoms with E-state index in [1.54, 1.807) is 18.0 Å². The van der Waals surface area contributed by atoms with E-state index in [0.717, 1.165) is 11.1 Å². The van der Waals surface area contributed by atoms with Crippen LogP contribution in [0.1, 0.15) is 30.4 Å². The fraction of sp³-hybridized carbons (Fsp3) is 0.200. The van der Waals surface area contributed by atoms with Gasteiger partial charge in [-0.3, -0.25) is 9.59 Å². The summed E-state index contributed by atoms with van der Waals surface area (Å²) in [6, 6.07) is 19.6. The van der Waals surface area contributed by atoms with Gasteiger partial charge in [0, 0.05) is 24.1 Å². The SMILES string of the molecule is CC(=O)C1=CN(Cc2ccccc2)C(=O)C[C@@H]1c1ccccc1. The molecular weight excluding hydrogens is 286 g/mol. The Bertz CT molecular complexity index is 735. The van der Waals surface area contributed by atoms with Gasteiger partial charge in [-0.25, -0.2) is 0 Å². The van der Waals surface area contributed by atoms with Crippen LogP contribution in [0.5, 0.6) is 0 Å². The second kappa shape index (κ2) is 6.61. The molecule has 1 aliphatic heterocycles. The first-order valence-corrected chi connectivity index (χ1v) is 7.76. The first kappa shape index (κ1) is 15.2. The van der Waals surface area contributed by atoms with E-state index in [0.29, 0.717) is 18.5 Å². The average molecular weight is 305 g/mol. The zero-order valence-electron chi connectivity index (χ0n) is 13.1. The molecule has 0 saturated carbocycles. The second-order valence-corrected chi connectivity index (χ2v) is 5.82. The number of nitrogens with zero attached hydrogens (tertiary/aromatic N) is 1. The first-order chi connectivity index (χ1) is 11.1. The minimum atomic E-state index is -0.145. The van der Waals surface area contributed by atoms with E-state index >= 15 is 0 Å². The van der Waals surface area contributed by atoms with Crippen LogP contribution in [0, 0.1) is 0 Å². The minimum absolute atomic E-state index is 0.0180. The van der Waals surface area contributed by atoms with Gasteiger partial charge in [0.05, 0.1) is 6.54 Å². The van der Waals surface area contributed by atoms with Crippen LogP contribution in [0.3, 0.4) is 0 Å². The summed E-state index contributed by atoms with van der Waals surface area (Å²) in [5.41, 5.74) is 2.77. The van der Waals surface area contributed by atoms with Gasteiger partial charge in [-0.2, -0.15) is 0 Å². The van der Waals surface area contributed by atoms with Crippen LogP contribution < -0.4 is 0 Å². The van der Waals surface area contributed by atoms with E-state index < -0.39 is 0 Å². The number of amides is 1. The predicted octanol–water partition coefficient (Wildman–Crippen LogP) is 3.68. The highest BCUT2D eigenvalue weighted by Gasteiger charge is 2.30. The molecule has 1 amide bonds. The predicted molar refractivity (Wildman–Crippen MR) is 89.6 cm³/mol. The molecule has 0 bridgehead atoms. The molecule has 0 unspecified atom stereocenters. The van der Waals surface area contributed by atoms with Crippen molar-refractivity contribution in [2.24, 2.45) is 0 Å². The van der Waals surface area contributed by atoms with Gasteiger partial charge >= 0.3 is 0 Å². The summed E-state index contributed by atoms with van der Waals surface area (Å²) in [7, 11) is 0. The van der Waals surface area contributed by atoms with E-state index in [2.05, 4.69) is 0 Å². The fourth-order valence-corrected chi connectivity index (χ4v) is 2.96. The minimum Gasteiger partial charge on any atom is -0.314 e. The van der Waals surface area contributed by atoms with Gasteiger partial charge < -0.3 is 4.90 Å². The van der Waals surface area contributed by atoms with Crippen molar-refractivity contribution in [2.75, 3.05) is 0 Å². The van der Waals surface area contributed by atoms with Crippen molar-refractivity contribution in [3.63, 3.8) is 0 Å². The molecule has 3 rings (SSSR count). The normalized spacial score (nSPS) is 17.8. The van der Waals surface area contributed by atoms with E-state index in [1.165, 1.54) is 0 Å². The number of rotatable bonds is 4. The van der Waals surface area contributed by atoms with Crippen molar-refractivity contribution >= 4 is 11.7 Å². The molecule has 2 aromatic rings. The van der Waals surface area contributed by atoms with Crippen LogP contribution >= 0.6 is 0 Å². The van der Waals surface area contributed by atoms with E-state index in [4.69, 9.17) is 0 Å². The van der Waals surface area contributed by atoms with E-state index in [1.807, 2.05) is 60.7 Å². The summed E-state index contributed by atoms with van der Waals surface area (Å²) in [6.45, 7) is 2.07. The molecule has 2 aromatic carbocycles. The fourth-order valence-electron chi connectivity index (χ4n) is 2.96. The van der Waals surface area contributed by atoms with Gasteiger partial charge in [-0.05, 0) is 18.1 Å². The highest BCUT2D eigenvalue weighted by atomic mass is 16.2. The standard InChI is InChI=1S/C20H19NO2/c1-15(22)19-14-21(13-16-8-4-2-5-9-16)20(23)12-18(19)17-10-6-3-7-11-17/h2-11,14,18H,12-13H2,1H3/t18-/m1/s1. The molecule has 0 N–H and O–H groups in total. The number of allylic oxidation sites excluding steroid dienone is 1. The Kier molecular flexibility index (Phi) is 4.38. The lowest BCUT2D eigenvalue weighted by atomic mass is 9.84. The maximum Gasteiger partial charge on any atom is 0.227 e. The molecule has 1 atom stereocenters. The summed E-state index contributed by atoms with van der Waals surface area (Å²) < 4.78 is 0. The summed E-state index contributed by atoms with van der Waals surface area (Å²) in [5.74, 6) is -0.0784. The molecule has 0 spiro atoms. The summed E-state index contributed by atoms with van der Waals surface area (Å²) in [6.07, 6.45) is 2.07. The van der Waals surface area contributed by atoms with Crippen molar-refractivity contribution in [1.82, 2.24) is 4.90 Å². The number of carbonyl (C=O) groups excluding carboxylic acids is 2. The summed E-state index contributed by atoms with van der Waals surface area (Å²) >= 11 is 0. The highest BCUT2D eigenvalue weighted by Crippen LogP contribution is 2.33. The number of hydrogen-bond donors (Lipinski definition) is 0. The maximum atomic E-state index is 12.5. The van der Waals surface area contributed by atoms with Crippen molar-refractivity contribution < 1.29 is 9.59 Å². The van der Waals surface area contributed by atoms with Gasteiger partial charge in [-0.15, -0.1) is 0 Å². The van der Waals surface area contributed by atoms with Crippen molar-refractivity contribution in [3.05, 3.63) is 83.6 Å². The van der Waals surface area contributed by atoms with Gasteiger partial charge in [0.1, 0.15) is 0 Å². The third kappa shape index (κ3) is 3.39. The molecule has 0 saturated heterocycles. The van der Waals surface area contributed by atoms with Crippen LogP contribution in [0.15, 0.2) is 72.4 Å². The number of hydrogen-bond acceptors (Lipinski definition) is 2. The topological polar surface area (TPSA) is 37.4 Å². The lowest BCUT2D eigenvalue weighted by molar-refractivity contribution is -0.130. The lowest BCUT2D eigenvalue weighted by Crippen LogP contribution is -2.33. The quantitative estimate of drug-likeness (QED) is 0.864. The Morgan fingerprint density at radius 3 is 2.26 bits per heavy atom. The Labute approximate surface area is 136 Å². The van der Waals surface area contributed by atoms with Crippen LogP contribution in [-0.4, -0.2) is 16.6 Å². The number of ketones is 1. The maximum absolute atomic E-state index is 12.5. The number of benzene rings is 2. The molecule has 23 heavy (non-hydrogen) atoms. The Morgan fingerprint density at radius 2 is 1.65 bits per heavy atom. The van der Waals surface area contributed by atoms with E-state index in [9.17, 15) is 9.59 Å². The molecule has 1 heterocycles. The summed E-state index contributed by atoms with van der Waals surface area (Å²) in [4.78, 5) is 26.3. The Hall–Kier alpha value is -2.68. The van der Waals surface area contributed by atoms with Crippen LogP contribution in [0.2, 0.25) is 0 Å². The van der Waals surface area contributed by atoms with Crippen molar-refractivity contribution in [1.29, 1.82) is 0 Å². The Balaban J connectivity index is 1.91. The monoisotopic (exact) mass is 305 g/mol. The first-order valence-electron chi connectivity index (χ1n) is 7.76. The molecule has 0 aromatic heterocycles. The molecular formula is C20H19NO2. The number of carbonyl (C=O) groups is 2. The average Bonchev–Trinajstić information content (AvgIpc) is 2.58. The highest BCUT2D eigenvalue weighted by molar-refractivity contribution is 5.98. The number of Topliss-reactive ketones (excluding diaryl/α,β-unsaturated/α-hetero) is 1. The molecule has 3 heteroatoms. The van der Waals surface area contributed by atoms with Gasteiger partial charge in [-0.1, -0.05) is 60.7 Å². The van der Waals surface area contributed by atoms with Gasteiger partial charge in [0.25, 0.3) is 0 Å². The van der Waals surface area contributed by atoms with Gasteiger partial charge in [0.15, 0.2) is 5.78 Å². The zero-order valence-corrected chi connectivity index (χ0v) is 13.1. The smallest absolute Gasteiger partial charge is 0.227 e. The van der Waals surface area contributed by atoms with E-state index in [-0.39, 0.29) is 17.6 Å². The van der Waals surface area contributed by atoms with Gasteiger partial charge in [0.2, 0.25) is 5.91 Å². The van der Waals surface area contributed by atoms with Crippen LogP contribution in [0.4, 0.5) is 0 Å². The second-order valence-electron chi connectivity index (χ2n) is 5.82. The van der Waals surface area contributed by atoms with Crippen LogP contribution in [-0.2, 0) is 16.1 Å². The third-order valence-electron chi connectivity index (χ3n) is 4.17. The molecule has 116 valence electrons. The third-order valence-corrected chi connectivity index (χ3v) is 4.17. The molecule has 1 aliphatic rings.